The maximum Gasteiger partial charge on any atom is 0.339 e. The third-order valence-corrected chi connectivity index (χ3v) is 5.13. The molecule has 0 spiro atoms. The quantitative estimate of drug-likeness (QED) is 0.628. The second kappa shape index (κ2) is 8.75. The highest BCUT2D eigenvalue weighted by molar-refractivity contribution is 6.05. The minimum atomic E-state index is -1.03. The molecule has 6 heteroatoms. The van der Waals surface area contributed by atoms with Crippen LogP contribution in [0, 0.1) is 17.2 Å². The molecule has 1 aromatic heterocycles. The first-order valence-corrected chi connectivity index (χ1v) is 9.68. The number of para-hydroxylation sites is 1. The Morgan fingerprint density at radius 1 is 1.13 bits per heavy atom. The van der Waals surface area contributed by atoms with E-state index in [-0.39, 0.29) is 5.92 Å². The number of hydrogen-bond acceptors (Lipinski definition) is 5. The average Bonchev–Trinajstić information content (AvgIpc) is 2.77. The number of nitrogens with zero attached hydrogens (tertiary/aromatic N) is 2. The first kappa shape index (κ1) is 21.0. The predicted molar refractivity (Wildman–Crippen MR) is 114 cm³/mol. The third kappa shape index (κ3) is 4.47. The number of aromatic nitrogens is 1. The van der Waals surface area contributed by atoms with E-state index in [0.717, 1.165) is 5.56 Å². The van der Waals surface area contributed by atoms with Crippen molar-refractivity contribution >= 4 is 22.8 Å². The largest absolute Gasteiger partial charge is 0.452 e. The Morgan fingerprint density at radius 3 is 2.47 bits per heavy atom. The number of benzene rings is 2. The van der Waals surface area contributed by atoms with Crippen molar-refractivity contribution in [3.05, 3.63) is 66.2 Å². The van der Waals surface area contributed by atoms with Gasteiger partial charge in [-0.3, -0.25) is 4.79 Å². The van der Waals surface area contributed by atoms with E-state index < -0.39 is 24.0 Å². The van der Waals surface area contributed by atoms with Crippen molar-refractivity contribution < 1.29 is 14.3 Å². The summed E-state index contributed by atoms with van der Waals surface area (Å²) in [4.78, 5) is 29.7. The van der Waals surface area contributed by atoms with Crippen LogP contribution in [0.15, 0.2) is 60.7 Å². The summed E-state index contributed by atoms with van der Waals surface area (Å²) >= 11 is 0. The molecule has 0 aliphatic heterocycles. The van der Waals surface area contributed by atoms with E-state index in [1.807, 2.05) is 62.4 Å². The SMILES string of the molecule is CC(C)[C@](C)(C#N)NC(=O)COC(=O)c1cc(-c2ccccc2)nc2ccccc12. The van der Waals surface area contributed by atoms with Crippen molar-refractivity contribution in [2.75, 3.05) is 6.61 Å². The van der Waals surface area contributed by atoms with E-state index in [9.17, 15) is 14.9 Å². The lowest BCUT2D eigenvalue weighted by Crippen LogP contribution is -2.50. The number of rotatable bonds is 6. The molecule has 3 aromatic rings. The lowest BCUT2D eigenvalue weighted by molar-refractivity contribution is -0.125. The van der Waals surface area contributed by atoms with Gasteiger partial charge in [0.1, 0.15) is 5.54 Å². The van der Waals surface area contributed by atoms with Crippen LogP contribution >= 0.6 is 0 Å². The van der Waals surface area contributed by atoms with Gasteiger partial charge in [0.05, 0.1) is 22.8 Å². The summed E-state index contributed by atoms with van der Waals surface area (Å²) in [6.45, 7) is 4.84. The standard InChI is InChI=1S/C24H23N3O3/c1-16(2)24(3,15-25)27-22(28)14-30-23(29)19-13-21(17-9-5-4-6-10-17)26-20-12-8-7-11-18(19)20/h4-13,16H,14H2,1-3H3,(H,27,28)/t24-/m0/s1. The van der Waals surface area contributed by atoms with Crippen molar-refractivity contribution in [1.82, 2.24) is 10.3 Å². The molecule has 152 valence electrons. The number of carbonyl (C=O) groups excluding carboxylic acids is 2. The highest BCUT2D eigenvalue weighted by atomic mass is 16.5. The number of nitriles is 1. The van der Waals surface area contributed by atoms with E-state index in [1.165, 1.54) is 0 Å². The van der Waals surface area contributed by atoms with Gasteiger partial charge in [-0.25, -0.2) is 9.78 Å². The van der Waals surface area contributed by atoms with Crippen molar-refractivity contribution in [3.63, 3.8) is 0 Å². The van der Waals surface area contributed by atoms with Crippen LogP contribution in [0.1, 0.15) is 31.1 Å². The second-order valence-corrected chi connectivity index (χ2v) is 7.53. The first-order valence-electron chi connectivity index (χ1n) is 9.68. The maximum atomic E-state index is 12.8. The summed E-state index contributed by atoms with van der Waals surface area (Å²) in [6, 6.07) is 20.6. The maximum absolute atomic E-state index is 12.8. The molecule has 3 rings (SSSR count). The van der Waals surface area contributed by atoms with E-state index in [0.29, 0.717) is 22.2 Å². The van der Waals surface area contributed by atoms with Crippen LogP contribution in [0.3, 0.4) is 0 Å². The topological polar surface area (TPSA) is 92.1 Å². The Kier molecular flexibility index (Phi) is 6.12. The molecule has 0 saturated heterocycles. The molecule has 0 bridgehead atoms. The fraction of sp³-hybridized carbons (Fsp3) is 0.250. The second-order valence-electron chi connectivity index (χ2n) is 7.53. The zero-order valence-electron chi connectivity index (χ0n) is 17.2. The predicted octanol–water partition coefficient (Wildman–Crippen LogP) is 4.11. The number of amides is 1. The van der Waals surface area contributed by atoms with Crippen LogP contribution in [0.5, 0.6) is 0 Å². The van der Waals surface area contributed by atoms with Gasteiger partial charge >= 0.3 is 5.97 Å². The Hall–Kier alpha value is -3.72. The van der Waals surface area contributed by atoms with Gasteiger partial charge in [0.15, 0.2) is 6.61 Å². The monoisotopic (exact) mass is 401 g/mol. The number of esters is 1. The van der Waals surface area contributed by atoms with Gasteiger partial charge in [-0.05, 0) is 25.0 Å². The first-order chi connectivity index (χ1) is 14.3. The van der Waals surface area contributed by atoms with Gasteiger partial charge in [-0.2, -0.15) is 5.26 Å². The number of pyridine rings is 1. The van der Waals surface area contributed by atoms with Crippen LogP contribution in [-0.4, -0.2) is 29.0 Å². The van der Waals surface area contributed by atoms with E-state index in [4.69, 9.17) is 4.74 Å². The van der Waals surface area contributed by atoms with E-state index in [1.54, 1.807) is 19.1 Å². The number of carbonyl (C=O) groups is 2. The lowest BCUT2D eigenvalue weighted by atomic mass is 9.90. The molecule has 0 fully saturated rings. The molecule has 2 aromatic carbocycles. The number of nitrogens with one attached hydrogen (secondary N) is 1. The molecule has 0 saturated carbocycles. The third-order valence-electron chi connectivity index (χ3n) is 5.13. The van der Waals surface area contributed by atoms with Crippen molar-refractivity contribution in [1.29, 1.82) is 5.26 Å². The Labute approximate surface area is 175 Å². The number of fused-ring (bicyclic) bond motifs is 1. The van der Waals surface area contributed by atoms with Gasteiger partial charge in [0, 0.05) is 10.9 Å². The van der Waals surface area contributed by atoms with Crippen molar-refractivity contribution in [3.8, 4) is 17.3 Å². The molecule has 1 atom stereocenters. The van der Waals surface area contributed by atoms with Crippen molar-refractivity contribution in [2.45, 2.75) is 26.3 Å². The molecular weight excluding hydrogens is 378 g/mol. The van der Waals surface area contributed by atoms with E-state index >= 15 is 0 Å². The molecule has 0 aliphatic carbocycles. The fourth-order valence-corrected chi connectivity index (χ4v) is 2.94. The molecule has 1 amide bonds. The van der Waals surface area contributed by atoms with Crippen LogP contribution < -0.4 is 5.32 Å². The zero-order chi connectivity index (χ0) is 21.7. The van der Waals surface area contributed by atoms with Crippen LogP contribution in [-0.2, 0) is 9.53 Å². The molecule has 1 heterocycles. The fourth-order valence-electron chi connectivity index (χ4n) is 2.94. The summed E-state index contributed by atoms with van der Waals surface area (Å²) in [5.74, 6) is -1.24. The van der Waals surface area contributed by atoms with Gasteiger partial charge in [-0.1, -0.05) is 62.4 Å². The summed E-state index contributed by atoms with van der Waals surface area (Å²) in [7, 11) is 0. The Morgan fingerprint density at radius 2 is 1.80 bits per heavy atom. The van der Waals surface area contributed by atoms with Gasteiger partial charge < -0.3 is 10.1 Å². The molecule has 0 aliphatic rings. The molecule has 1 N–H and O–H groups in total. The number of ether oxygens (including phenoxy) is 1. The Balaban J connectivity index is 1.84. The summed E-state index contributed by atoms with van der Waals surface area (Å²) in [5.41, 5.74) is 1.47. The van der Waals surface area contributed by atoms with Crippen LogP contribution in [0.2, 0.25) is 0 Å². The minimum absolute atomic E-state index is 0.0975. The smallest absolute Gasteiger partial charge is 0.339 e. The molecule has 0 unspecified atom stereocenters. The van der Waals surface area contributed by atoms with Gasteiger partial charge in [0.25, 0.3) is 5.91 Å². The molecular formula is C24H23N3O3. The summed E-state index contributed by atoms with van der Waals surface area (Å²) in [6.07, 6.45) is 0. The van der Waals surface area contributed by atoms with E-state index in [2.05, 4.69) is 16.4 Å². The molecule has 30 heavy (non-hydrogen) atoms. The molecule has 0 radical (unpaired) electrons. The zero-order valence-corrected chi connectivity index (χ0v) is 17.2. The highest BCUT2D eigenvalue weighted by Crippen LogP contribution is 2.25. The normalized spacial score (nSPS) is 12.8. The van der Waals surface area contributed by atoms with Gasteiger partial charge in [-0.15, -0.1) is 0 Å². The van der Waals surface area contributed by atoms with Crippen LogP contribution in [0.25, 0.3) is 22.2 Å². The lowest BCUT2D eigenvalue weighted by Gasteiger charge is -2.27. The van der Waals surface area contributed by atoms with Crippen molar-refractivity contribution in [2.24, 2.45) is 5.92 Å². The highest BCUT2D eigenvalue weighted by Gasteiger charge is 2.30. The molecule has 6 nitrogen and oxygen atoms in total. The summed E-state index contributed by atoms with van der Waals surface area (Å²) in [5, 5.41) is 12.6. The van der Waals surface area contributed by atoms with Crippen LogP contribution in [0.4, 0.5) is 0 Å². The van der Waals surface area contributed by atoms with Gasteiger partial charge in [0.2, 0.25) is 0 Å². The minimum Gasteiger partial charge on any atom is -0.452 e. The summed E-state index contributed by atoms with van der Waals surface area (Å²) < 4.78 is 5.27. The average molecular weight is 401 g/mol. The Bertz CT molecular complexity index is 1120. The number of hydrogen-bond donors (Lipinski definition) is 1.